The lowest BCUT2D eigenvalue weighted by atomic mass is 9.85. The Kier molecular flexibility index (Phi) is 5.07. The summed E-state index contributed by atoms with van der Waals surface area (Å²) in [5.41, 5.74) is 1.95. The average molecular weight is 491 g/mol. The maximum atomic E-state index is 13.1. The molecule has 2 aliphatic heterocycles. The highest BCUT2D eigenvalue weighted by Crippen LogP contribution is 2.53. The Morgan fingerprint density at radius 3 is 2.37 bits per heavy atom. The summed E-state index contributed by atoms with van der Waals surface area (Å²) in [6, 6.07) is 11.8. The first-order valence-corrected chi connectivity index (χ1v) is 12.1. The van der Waals surface area contributed by atoms with Crippen molar-refractivity contribution in [2.45, 2.75) is 19.8 Å². The molecule has 1 saturated carbocycles. The molecule has 3 fully saturated rings. The molecule has 178 valence electrons. The molecule has 6 rings (SSSR count). The molecule has 0 unspecified atom stereocenters. The molecule has 0 radical (unpaired) electrons. The quantitative estimate of drug-likeness (QED) is 0.281. The van der Waals surface area contributed by atoms with Gasteiger partial charge < -0.3 is 9.64 Å². The van der Waals surface area contributed by atoms with Crippen LogP contribution >= 0.6 is 11.6 Å². The number of ether oxygens (including phenoxy) is 1. The minimum atomic E-state index is -0.637. The molecule has 0 aromatic heterocycles. The molecule has 35 heavy (non-hydrogen) atoms. The van der Waals surface area contributed by atoms with Crippen molar-refractivity contribution >= 4 is 46.7 Å². The fourth-order valence-electron chi connectivity index (χ4n) is 5.91. The fraction of sp³-hybridized carbons (Fsp3) is 0.333. The number of halogens is 1. The normalized spacial score (nSPS) is 28.9. The number of nitrogens with zero attached hydrogens (tertiary/aromatic N) is 2. The Bertz CT molecular complexity index is 1290. The Hall–Kier alpha value is -3.45. The van der Waals surface area contributed by atoms with Crippen molar-refractivity contribution in [1.29, 1.82) is 0 Å². The maximum Gasteiger partial charge on any atom is 0.316 e. The molecule has 2 aromatic carbocycles. The van der Waals surface area contributed by atoms with Gasteiger partial charge in [0.05, 0.1) is 23.4 Å². The second-order valence-corrected chi connectivity index (χ2v) is 10.2. The Labute approximate surface area is 207 Å². The summed E-state index contributed by atoms with van der Waals surface area (Å²) in [4.78, 5) is 54.4. The zero-order valence-electron chi connectivity index (χ0n) is 19.0. The van der Waals surface area contributed by atoms with Gasteiger partial charge in [-0.2, -0.15) is 0 Å². The van der Waals surface area contributed by atoms with Crippen molar-refractivity contribution in [2.75, 3.05) is 16.3 Å². The van der Waals surface area contributed by atoms with Gasteiger partial charge in [-0.15, -0.1) is 0 Å². The van der Waals surface area contributed by atoms with Crippen LogP contribution in [0.2, 0.25) is 5.02 Å². The maximum absolute atomic E-state index is 13.1. The number of carbonyl (C=O) groups is 4. The summed E-state index contributed by atoms with van der Waals surface area (Å²) in [5, 5.41) is 0.553. The number of anilines is 2. The average Bonchev–Trinajstić information content (AvgIpc) is 3.59. The molecule has 8 heteroatoms. The molecule has 0 N–H and O–H groups in total. The van der Waals surface area contributed by atoms with Crippen LogP contribution in [-0.2, 0) is 19.2 Å². The van der Waals surface area contributed by atoms with E-state index in [2.05, 4.69) is 12.2 Å². The molecule has 4 aliphatic rings. The summed E-state index contributed by atoms with van der Waals surface area (Å²) in [6.45, 7) is 2.07. The van der Waals surface area contributed by atoms with E-state index in [1.165, 1.54) is 9.80 Å². The standard InChI is InChI=1S/C27H23ClN2O5/c1-14-5-8-18(12-21(14)28)29-13-17(10-22(29)31)27(34)35-20-4-2-3-19(11-20)30-25(32)23-15-6-7-16(9-15)24(23)26(30)33/h2-8,11-12,15-17,23-24H,9-10,13H2,1H3/t15-,16-,17+,23-,24-/m0/s1. The lowest BCUT2D eigenvalue weighted by molar-refractivity contribution is -0.139. The van der Waals surface area contributed by atoms with Gasteiger partial charge in [0.2, 0.25) is 17.7 Å². The Morgan fingerprint density at radius 2 is 1.69 bits per heavy atom. The number of rotatable bonds is 4. The SMILES string of the molecule is Cc1ccc(N2C[C@H](C(=O)Oc3cccc(N4C(=O)[C@@H]5[C@@H](C4=O)[C@H]4C=C[C@H]5C4)c3)CC2=O)cc1Cl. The van der Waals surface area contributed by atoms with Gasteiger partial charge in [-0.05, 0) is 55.0 Å². The number of amides is 3. The van der Waals surface area contributed by atoms with Gasteiger partial charge in [0.25, 0.3) is 0 Å². The Morgan fingerprint density at radius 1 is 0.971 bits per heavy atom. The molecule has 2 aromatic rings. The lowest BCUT2D eigenvalue weighted by Crippen LogP contribution is -2.32. The highest BCUT2D eigenvalue weighted by atomic mass is 35.5. The van der Waals surface area contributed by atoms with Crippen molar-refractivity contribution in [3.63, 3.8) is 0 Å². The largest absolute Gasteiger partial charge is 0.426 e. The van der Waals surface area contributed by atoms with Crippen LogP contribution in [0.3, 0.4) is 0 Å². The number of hydrogen-bond donors (Lipinski definition) is 0. The predicted molar refractivity (Wildman–Crippen MR) is 129 cm³/mol. The summed E-state index contributed by atoms with van der Waals surface area (Å²) in [5.74, 6) is -1.83. The zero-order valence-corrected chi connectivity index (χ0v) is 19.8. The number of carbonyl (C=O) groups excluding carboxylic acids is 4. The van der Waals surface area contributed by atoms with Crippen LogP contribution in [-0.4, -0.2) is 30.2 Å². The van der Waals surface area contributed by atoms with Gasteiger partial charge in [0, 0.05) is 29.7 Å². The van der Waals surface area contributed by atoms with Crippen LogP contribution in [0, 0.1) is 36.5 Å². The molecule has 0 spiro atoms. The van der Waals surface area contributed by atoms with E-state index in [4.69, 9.17) is 16.3 Å². The zero-order chi connectivity index (χ0) is 24.4. The van der Waals surface area contributed by atoms with E-state index in [0.29, 0.717) is 16.4 Å². The molecular weight excluding hydrogens is 468 g/mol. The third-order valence-electron chi connectivity index (χ3n) is 7.69. The van der Waals surface area contributed by atoms with Crippen molar-refractivity contribution in [3.05, 3.63) is 65.2 Å². The summed E-state index contributed by atoms with van der Waals surface area (Å²) in [6.07, 6.45) is 5.00. The fourth-order valence-corrected chi connectivity index (χ4v) is 6.08. The van der Waals surface area contributed by atoms with Crippen LogP contribution in [0.4, 0.5) is 11.4 Å². The third-order valence-corrected chi connectivity index (χ3v) is 8.10. The van der Waals surface area contributed by atoms with E-state index < -0.39 is 11.9 Å². The lowest BCUT2D eigenvalue weighted by Gasteiger charge is -2.19. The van der Waals surface area contributed by atoms with Crippen LogP contribution in [0.15, 0.2) is 54.6 Å². The number of hydrogen-bond acceptors (Lipinski definition) is 5. The van der Waals surface area contributed by atoms with Crippen molar-refractivity contribution in [1.82, 2.24) is 0 Å². The number of allylic oxidation sites excluding steroid dienone is 2. The number of fused-ring (bicyclic) bond motifs is 5. The van der Waals surface area contributed by atoms with E-state index in [-0.39, 0.29) is 60.1 Å². The van der Waals surface area contributed by atoms with E-state index in [1.807, 2.05) is 13.0 Å². The van der Waals surface area contributed by atoms with Gasteiger partial charge in [0.15, 0.2) is 0 Å². The van der Waals surface area contributed by atoms with Crippen LogP contribution in [0.25, 0.3) is 0 Å². The number of imide groups is 1. The molecular formula is C27H23ClN2O5. The van der Waals surface area contributed by atoms with Gasteiger partial charge in [-0.25, -0.2) is 4.90 Å². The minimum absolute atomic E-state index is 0.0340. The van der Waals surface area contributed by atoms with Gasteiger partial charge in [-0.1, -0.05) is 35.9 Å². The molecule has 3 amide bonds. The minimum Gasteiger partial charge on any atom is -0.426 e. The topological polar surface area (TPSA) is 84.0 Å². The first-order chi connectivity index (χ1) is 16.8. The summed E-state index contributed by atoms with van der Waals surface area (Å²) in [7, 11) is 0. The van der Waals surface area contributed by atoms with Gasteiger partial charge >= 0.3 is 5.97 Å². The van der Waals surface area contributed by atoms with E-state index >= 15 is 0 Å². The monoisotopic (exact) mass is 490 g/mol. The second kappa shape index (κ2) is 8.05. The first-order valence-electron chi connectivity index (χ1n) is 11.8. The number of esters is 1. The summed E-state index contributed by atoms with van der Waals surface area (Å²) < 4.78 is 5.59. The molecule has 7 nitrogen and oxygen atoms in total. The van der Waals surface area contributed by atoms with Crippen LogP contribution < -0.4 is 14.5 Å². The smallest absolute Gasteiger partial charge is 0.316 e. The van der Waals surface area contributed by atoms with E-state index in [0.717, 1.165) is 12.0 Å². The van der Waals surface area contributed by atoms with Gasteiger partial charge in [-0.3, -0.25) is 19.2 Å². The third kappa shape index (κ3) is 3.48. The highest BCUT2D eigenvalue weighted by molar-refractivity contribution is 6.31. The van der Waals surface area contributed by atoms with Crippen LogP contribution in [0.5, 0.6) is 5.75 Å². The van der Waals surface area contributed by atoms with Gasteiger partial charge in [0.1, 0.15) is 5.75 Å². The molecule has 5 atom stereocenters. The second-order valence-electron chi connectivity index (χ2n) is 9.77. The van der Waals surface area contributed by atoms with Crippen LogP contribution in [0.1, 0.15) is 18.4 Å². The molecule has 2 saturated heterocycles. The van der Waals surface area contributed by atoms with Crippen molar-refractivity contribution < 1.29 is 23.9 Å². The van der Waals surface area contributed by atoms with Crippen molar-refractivity contribution in [2.24, 2.45) is 29.6 Å². The number of aryl methyl sites for hydroxylation is 1. The van der Waals surface area contributed by atoms with Crippen molar-refractivity contribution in [3.8, 4) is 5.75 Å². The molecule has 2 heterocycles. The first kappa shape index (κ1) is 22.0. The Balaban J connectivity index is 1.17. The van der Waals surface area contributed by atoms with E-state index in [9.17, 15) is 19.2 Å². The van der Waals surface area contributed by atoms with E-state index in [1.54, 1.807) is 36.4 Å². The summed E-state index contributed by atoms with van der Waals surface area (Å²) >= 11 is 6.20. The highest BCUT2D eigenvalue weighted by Gasteiger charge is 2.59. The molecule has 2 aliphatic carbocycles. The number of benzene rings is 2. The molecule has 2 bridgehead atoms. The predicted octanol–water partition coefficient (Wildman–Crippen LogP) is 3.92.